The van der Waals surface area contributed by atoms with Crippen molar-refractivity contribution in [2.24, 2.45) is 5.10 Å². The number of carbonyl (C=O) groups is 3. The molecule has 0 aliphatic rings. The molecule has 0 fully saturated rings. The Labute approximate surface area is 217 Å². The first kappa shape index (κ1) is 27.2. The molecule has 0 aliphatic heterocycles. The van der Waals surface area contributed by atoms with Crippen LogP contribution in [0.2, 0.25) is 5.02 Å². The van der Waals surface area contributed by atoms with Crippen molar-refractivity contribution in [1.29, 1.82) is 0 Å². The Kier molecular flexibility index (Phi) is 9.56. The lowest BCUT2D eigenvalue weighted by molar-refractivity contribution is -0.136. The van der Waals surface area contributed by atoms with E-state index in [4.69, 9.17) is 21.1 Å². The largest absolute Gasteiger partial charge is 0.493 e. The second-order valence-electron chi connectivity index (χ2n) is 7.51. The molecule has 0 saturated carbocycles. The van der Waals surface area contributed by atoms with E-state index in [1.54, 1.807) is 18.2 Å². The van der Waals surface area contributed by atoms with Crippen LogP contribution in [-0.2, 0) is 20.8 Å². The van der Waals surface area contributed by atoms with Gasteiger partial charge < -0.3 is 20.1 Å². The first-order valence-electron chi connectivity index (χ1n) is 11.1. The van der Waals surface area contributed by atoms with Gasteiger partial charge in [-0.25, -0.2) is 9.82 Å². The summed E-state index contributed by atoms with van der Waals surface area (Å²) < 4.78 is 24.5. The third-order valence-corrected chi connectivity index (χ3v) is 5.26. The summed E-state index contributed by atoms with van der Waals surface area (Å²) in [5, 5.41) is 8.83. The Morgan fingerprint density at radius 3 is 2.41 bits per heavy atom. The highest BCUT2D eigenvalue weighted by molar-refractivity contribution is 6.39. The standard InChI is InChI=1S/C26H24ClFN4O5/c1-3-17-8-4-6-10-20(17)31-25(34)26(35)32-29-14-16-12-18(27)24(22(13-16)36-2)37-15-23(33)30-21-11-7-5-9-19(21)28/h4-14H,3,15H2,1-2H3,(H,30,33)(H,31,34)(H,32,35)/b29-14-. The maximum absolute atomic E-state index is 13.7. The molecular formula is C26H24ClFN4O5. The van der Waals surface area contributed by atoms with Crippen LogP contribution in [0.5, 0.6) is 11.5 Å². The number of hydrazone groups is 1. The predicted octanol–water partition coefficient (Wildman–Crippen LogP) is 4.16. The summed E-state index contributed by atoms with van der Waals surface area (Å²) in [5.41, 5.74) is 4.02. The van der Waals surface area contributed by atoms with Gasteiger partial charge in [0, 0.05) is 5.69 Å². The number of anilines is 2. The number of rotatable bonds is 9. The molecule has 0 unspecified atom stereocenters. The number of amides is 3. The first-order chi connectivity index (χ1) is 17.8. The van der Waals surface area contributed by atoms with Gasteiger partial charge in [-0.15, -0.1) is 0 Å². The zero-order chi connectivity index (χ0) is 26.8. The lowest BCUT2D eigenvalue weighted by atomic mass is 10.1. The SMILES string of the molecule is CCc1ccccc1NC(=O)C(=O)N/N=C\c1cc(Cl)c(OCC(=O)Nc2ccccc2F)c(OC)c1. The highest BCUT2D eigenvalue weighted by atomic mass is 35.5. The number of ether oxygens (including phenoxy) is 2. The summed E-state index contributed by atoms with van der Waals surface area (Å²) in [6, 6.07) is 15.8. The van der Waals surface area contributed by atoms with Crippen molar-refractivity contribution in [1.82, 2.24) is 5.43 Å². The Morgan fingerprint density at radius 2 is 1.70 bits per heavy atom. The molecular weight excluding hydrogens is 503 g/mol. The van der Waals surface area contributed by atoms with Crippen LogP contribution in [0.4, 0.5) is 15.8 Å². The minimum atomic E-state index is -0.957. The molecule has 0 radical (unpaired) electrons. The van der Waals surface area contributed by atoms with Crippen molar-refractivity contribution in [2.45, 2.75) is 13.3 Å². The number of carbonyl (C=O) groups excluding carboxylic acids is 3. The van der Waals surface area contributed by atoms with Gasteiger partial charge in [0.05, 0.1) is 24.0 Å². The van der Waals surface area contributed by atoms with Gasteiger partial charge in [0.25, 0.3) is 5.91 Å². The number of nitrogens with one attached hydrogen (secondary N) is 3. The Hall–Kier alpha value is -4.44. The molecule has 11 heteroatoms. The molecule has 0 saturated heterocycles. The van der Waals surface area contributed by atoms with Crippen molar-refractivity contribution in [2.75, 3.05) is 24.4 Å². The zero-order valence-corrected chi connectivity index (χ0v) is 20.8. The summed E-state index contributed by atoms with van der Waals surface area (Å²) in [7, 11) is 1.37. The van der Waals surface area contributed by atoms with Gasteiger partial charge in [-0.3, -0.25) is 14.4 Å². The van der Waals surface area contributed by atoms with Crippen molar-refractivity contribution in [3.63, 3.8) is 0 Å². The summed E-state index contributed by atoms with van der Waals surface area (Å²) in [6.45, 7) is 1.48. The maximum Gasteiger partial charge on any atom is 0.329 e. The third-order valence-electron chi connectivity index (χ3n) is 4.98. The van der Waals surface area contributed by atoms with Crippen molar-refractivity contribution in [3.8, 4) is 11.5 Å². The van der Waals surface area contributed by atoms with Gasteiger partial charge in [-0.2, -0.15) is 5.10 Å². The van der Waals surface area contributed by atoms with Crippen LogP contribution in [0.3, 0.4) is 0 Å². The van der Waals surface area contributed by atoms with E-state index in [0.717, 1.165) is 5.56 Å². The van der Waals surface area contributed by atoms with Gasteiger partial charge in [0.15, 0.2) is 18.1 Å². The summed E-state index contributed by atoms with van der Waals surface area (Å²) >= 11 is 6.28. The van der Waals surface area contributed by atoms with E-state index in [9.17, 15) is 18.8 Å². The van der Waals surface area contributed by atoms with Crippen molar-refractivity contribution in [3.05, 3.63) is 82.6 Å². The van der Waals surface area contributed by atoms with Crippen molar-refractivity contribution < 1.29 is 28.2 Å². The summed E-state index contributed by atoms with van der Waals surface area (Å²) in [6.07, 6.45) is 1.95. The number of hydrogen-bond donors (Lipinski definition) is 3. The number of benzene rings is 3. The van der Waals surface area contributed by atoms with Crippen LogP contribution in [0, 0.1) is 5.82 Å². The molecule has 3 amide bonds. The Balaban J connectivity index is 1.59. The van der Waals surface area contributed by atoms with Gasteiger partial charge >= 0.3 is 11.8 Å². The molecule has 3 aromatic carbocycles. The number of hydrogen-bond acceptors (Lipinski definition) is 6. The molecule has 3 aromatic rings. The highest BCUT2D eigenvalue weighted by Crippen LogP contribution is 2.36. The van der Waals surface area contributed by atoms with Crippen LogP contribution in [0.1, 0.15) is 18.1 Å². The Bertz CT molecular complexity index is 1330. The highest BCUT2D eigenvalue weighted by Gasteiger charge is 2.16. The van der Waals surface area contributed by atoms with E-state index in [2.05, 4.69) is 21.2 Å². The van der Waals surface area contributed by atoms with E-state index in [1.807, 2.05) is 19.1 Å². The van der Waals surface area contributed by atoms with Crippen LogP contribution in [0.25, 0.3) is 0 Å². The average molecular weight is 527 g/mol. The summed E-state index contributed by atoms with van der Waals surface area (Å²) in [4.78, 5) is 36.4. The molecule has 0 spiro atoms. The quantitative estimate of drug-likeness (QED) is 0.220. The van der Waals surface area contributed by atoms with Crippen LogP contribution in [0.15, 0.2) is 65.8 Å². The molecule has 0 atom stereocenters. The third kappa shape index (κ3) is 7.52. The van der Waals surface area contributed by atoms with Gasteiger partial charge in [0.2, 0.25) is 0 Å². The molecule has 0 aliphatic carbocycles. The number of nitrogens with zero attached hydrogens (tertiary/aromatic N) is 1. The maximum atomic E-state index is 13.7. The van der Waals surface area contributed by atoms with E-state index >= 15 is 0 Å². The molecule has 37 heavy (non-hydrogen) atoms. The topological polar surface area (TPSA) is 118 Å². The molecule has 9 nitrogen and oxygen atoms in total. The molecule has 0 aromatic heterocycles. The lowest BCUT2D eigenvalue weighted by Gasteiger charge is -2.13. The normalized spacial score (nSPS) is 10.6. The number of para-hydroxylation sites is 2. The van der Waals surface area contributed by atoms with Gasteiger partial charge in [-0.05, 0) is 47.9 Å². The minimum absolute atomic E-state index is 0.0195. The van der Waals surface area contributed by atoms with Gasteiger partial charge in [-0.1, -0.05) is 48.9 Å². The van der Waals surface area contributed by atoms with Crippen LogP contribution >= 0.6 is 11.6 Å². The van der Waals surface area contributed by atoms with Crippen molar-refractivity contribution >= 4 is 46.9 Å². The van der Waals surface area contributed by atoms with E-state index in [1.165, 1.54) is 43.7 Å². The minimum Gasteiger partial charge on any atom is -0.493 e. The van der Waals surface area contributed by atoms with E-state index in [-0.39, 0.29) is 22.2 Å². The van der Waals surface area contributed by atoms with Gasteiger partial charge in [0.1, 0.15) is 5.82 Å². The predicted molar refractivity (Wildman–Crippen MR) is 139 cm³/mol. The number of halogens is 2. The fourth-order valence-electron chi connectivity index (χ4n) is 3.19. The lowest BCUT2D eigenvalue weighted by Crippen LogP contribution is -2.32. The smallest absolute Gasteiger partial charge is 0.329 e. The second kappa shape index (κ2) is 13.0. The summed E-state index contributed by atoms with van der Waals surface area (Å²) in [5.74, 6) is -2.73. The van der Waals surface area contributed by atoms with Crippen LogP contribution < -0.4 is 25.5 Å². The average Bonchev–Trinajstić information content (AvgIpc) is 2.89. The first-order valence-corrected chi connectivity index (χ1v) is 11.5. The van der Waals surface area contributed by atoms with E-state index in [0.29, 0.717) is 17.7 Å². The number of methoxy groups -OCH3 is 1. The Morgan fingerprint density at radius 1 is 1.00 bits per heavy atom. The fraction of sp³-hybridized carbons (Fsp3) is 0.154. The van der Waals surface area contributed by atoms with Crippen LogP contribution in [-0.4, -0.2) is 37.7 Å². The molecule has 192 valence electrons. The van der Waals surface area contributed by atoms with E-state index < -0.39 is 30.1 Å². The fourth-order valence-corrected chi connectivity index (χ4v) is 3.46. The monoisotopic (exact) mass is 526 g/mol. The molecule has 3 N–H and O–H groups in total. The molecule has 0 bridgehead atoms. The number of aryl methyl sites for hydroxylation is 1. The second-order valence-corrected chi connectivity index (χ2v) is 7.92. The zero-order valence-electron chi connectivity index (χ0n) is 20.0. The molecule has 0 heterocycles. The molecule has 3 rings (SSSR count).